The van der Waals surface area contributed by atoms with Crippen LogP contribution in [0.1, 0.15) is 27.2 Å². The minimum Gasteiger partial charge on any atom is -0.481 e. The molecule has 0 aromatic rings. The quantitative estimate of drug-likeness (QED) is 0.537. The van der Waals surface area contributed by atoms with Crippen LogP contribution in [0, 0.1) is 5.41 Å². The van der Waals surface area contributed by atoms with Crippen molar-refractivity contribution in [2.24, 2.45) is 5.41 Å². The lowest BCUT2D eigenvalue weighted by molar-refractivity contribution is -0.149. The van der Waals surface area contributed by atoms with E-state index in [1.807, 2.05) is 0 Å². The number of ether oxygens (including phenoxy) is 1. The van der Waals surface area contributed by atoms with Crippen LogP contribution in [0.4, 0.5) is 0 Å². The summed E-state index contributed by atoms with van der Waals surface area (Å²) in [6, 6.07) is 0. The molecular formula is C10H14O4. The van der Waals surface area contributed by atoms with Gasteiger partial charge in [0.15, 0.2) is 0 Å². The van der Waals surface area contributed by atoms with E-state index < -0.39 is 17.5 Å². The molecular weight excluding hydrogens is 184 g/mol. The lowest BCUT2D eigenvalue weighted by atomic mass is 9.83. The number of carboxylic acid groups (broad SMARTS) is 1. The number of rotatable bonds is 2. The predicted molar refractivity (Wildman–Crippen MR) is 49.7 cm³/mol. The lowest BCUT2D eigenvalue weighted by Gasteiger charge is -2.15. The molecule has 1 atom stereocenters. The molecule has 0 bridgehead atoms. The summed E-state index contributed by atoms with van der Waals surface area (Å²) in [5.74, 6) is -1.31. The minimum absolute atomic E-state index is 0.158. The van der Waals surface area contributed by atoms with Crippen molar-refractivity contribution in [3.8, 4) is 0 Å². The second kappa shape index (κ2) is 3.44. The van der Waals surface area contributed by atoms with E-state index in [2.05, 4.69) is 0 Å². The summed E-state index contributed by atoms with van der Waals surface area (Å²) in [4.78, 5) is 21.9. The fraction of sp³-hybridized carbons (Fsp3) is 0.600. The van der Waals surface area contributed by atoms with Crippen LogP contribution in [-0.4, -0.2) is 23.1 Å². The molecule has 0 aromatic heterocycles. The third-order valence-corrected chi connectivity index (χ3v) is 2.50. The van der Waals surface area contributed by atoms with E-state index >= 15 is 0 Å². The molecule has 4 heteroatoms. The average molecular weight is 198 g/mol. The number of esters is 1. The number of carbonyl (C=O) groups excluding carboxylic acids is 1. The molecule has 1 heterocycles. The molecule has 0 aromatic carbocycles. The zero-order chi connectivity index (χ0) is 10.9. The van der Waals surface area contributed by atoms with Gasteiger partial charge in [0.2, 0.25) is 0 Å². The number of carboxylic acids is 1. The first-order chi connectivity index (χ1) is 6.39. The third-order valence-electron chi connectivity index (χ3n) is 2.50. The maximum absolute atomic E-state index is 11.4. The second-order valence-corrected chi connectivity index (χ2v) is 3.86. The van der Waals surface area contributed by atoms with E-state index in [0.717, 1.165) is 5.57 Å². The van der Waals surface area contributed by atoms with Crippen LogP contribution in [-0.2, 0) is 14.3 Å². The van der Waals surface area contributed by atoms with Crippen LogP contribution in [0.15, 0.2) is 11.6 Å². The Morgan fingerprint density at radius 1 is 1.64 bits per heavy atom. The van der Waals surface area contributed by atoms with Crippen LogP contribution >= 0.6 is 0 Å². The summed E-state index contributed by atoms with van der Waals surface area (Å²) >= 11 is 0. The second-order valence-electron chi connectivity index (χ2n) is 3.86. The van der Waals surface area contributed by atoms with Crippen molar-refractivity contribution in [1.29, 1.82) is 0 Å². The largest absolute Gasteiger partial charge is 0.481 e. The van der Waals surface area contributed by atoms with Crippen molar-refractivity contribution in [3.05, 3.63) is 11.6 Å². The van der Waals surface area contributed by atoms with E-state index in [4.69, 9.17) is 9.84 Å². The molecule has 1 aliphatic heterocycles. The Labute approximate surface area is 82.6 Å². The van der Waals surface area contributed by atoms with Crippen LogP contribution < -0.4 is 0 Å². The SMILES string of the molecule is CC=C1C(CC(=O)O)OC(=O)C1(C)C. The lowest BCUT2D eigenvalue weighted by Crippen LogP contribution is -2.20. The highest BCUT2D eigenvalue weighted by atomic mass is 16.6. The first-order valence-corrected chi connectivity index (χ1v) is 4.49. The number of allylic oxidation sites excluding steroid dienone is 1. The smallest absolute Gasteiger partial charge is 0.316 e. The maximum Gasteiger partial charge on any atom is 0.316 e. The zero-order valence-electron chi connectivity index (χ0n) is 8.53. The zero-order valence-corrected chi connectivity index (χ0v) is 8.53. The van der Waals surface area contributed by atoms with Gasteiger partial charge in [-0.3, -0.25) is 9.59 Å². The molecule has 4 nitrogen and oxygen atoms in total. The monoisotopic (exact) mass is 198 g/mol. The molecule has 0 saturated carbocycles. The molecule has 1 rings (SSSR count). The van der Waals surface area contributed by atoms with E-state index in [1.165, 1.54) is 0 Å². The van der Waals surface area contributed by atoms with Crippen molar-refractivity contribution >= 4 is 11.9 Å². The van der Waals surface area contributed by atoms with Gasteiger partial charge in [0, 0.05) is 0 Å². The number of cyclic esters (lactones) is 1. The van der Waals surface area contributed by atoms with E-state index in [0.29, 0.717) is 0 Å². The molecule has 0 aliphatic carbocycles. The van der Waals surface area contributed by atoms with Gasteiger partial charge in [-0.2, -0.15) is 0 Å². The molecule has 1 aliphatic rings. The Morgan fingerprint density at radius 2 is 2.21 bits per heavy atom. The van der Waals surface area contributed by atoms with Gasteiger partial charge in [-0.05, 0) is 26.3 Å². The Bertz CT molecular complexity index is 301. The molecule has 14 heavy (non-hydrogen) atoms. The summed E-state index contributed by atoms with van der Waals surface area (Å²) < 4.78 is 5.00. The highest BCUT2D eigenvalue weighted by molar-refractivity contribution is 5.84. The molecule has 0 spiro atoms. The normalized spacial score (nSPS) is 27.8. The topological polar surface area (TPSA) is 63.6 Å². The molecule has 1 saturated heterocycles. The Balaban J connectivity index is 2.93. The van der Waals surface area contributed by atoms with Crippen molar-refractivity contribution in [2.45, 2.75) is 33.3 Å². The highest BCUT2D eigenvalue weighted by Gasteiger charge is 2.46. The maximum atomic E-state index is 11.4. The molecule has 1 fully saturated rings. The van der Waals surface area contributed by atoms with Crippen molar-refractivity contribution in [1.82, 2.24) is 0 Å². The number of carbonyl (C=O) groups is 2. The Kier molecular flexibility index (Phi) is 2.64. The fourth-order valence-corrected chi connectivity index (χ4v) is 1.72. The number of aliphatic carboxylic acids is 1. The predicted octanol–water partition coefficient (Wildman–Crippen LogP) is 1.36. The standard InChI is InChI=1S/C10H14O4/c1-4-6-7(5-8(11)12)14-9(13)10(6,2)3/h4,7H,5H2,1-3H3,(H,11,12). The van der Waals surface area contributed by atoms with E-state index in [-0.39, 0.29) is 12.4 Å². The summed E-state index contributed by atoms with van der Waals surface area (Å²) in [6.45, 7) is 5.27. The number of hydrogen-bond acceptors (Lipinski definition) is 3. The fourth-order valence-electron chi connectivity index (χ4n) is 1.72. The van der Waals surface area contributed by atoms with Gasteiger partial charge in [0.05, 0.1) is 11.8 Å². The summed E-state index contributed by atoms with van der Waals surface area (Å²) in [7, 11) is 0. The molecule has 0 radical (unpaired) electrons. The first-order valence-electron chi connectivity index (χ1n) is 4.49. The van der Waals surface area contributed by atoms with Crippen LogP contribution in [0.3, 0.4) is 0 Å². The summed E-state index contributed by atoms with van der Waals surface area (Å²) in [5, 5.41) is 8.63. The van der Waals surface area contributed by atoms with Gasteiger partial charge in [-0.25, -0.2) is 0 Å². The minimum atomic E-state index is -0.958. The summed E-state index contributed by atoms with van der Waals surface area (Å²) in [6.07, 6.45) is 1.01. The molecule has 1 N–H and O–H groups in total. The van der Waals surface area contributed by atoms with Gasteiger partial charge in [0.1, 0.15) is 6.10 Å². The van der Waals surface area contributed by atoms with Crippen molar-refractivity contribution < 1.29 is 19.4 Å². The van der Waals surface area contributed by atoms with Gasteiger partial charge in [0.25, 0.3) is 0 Å². The van der Waals surface area contributed by atoms with Gasteiger partial charge >= 0.3 is 11.9 Å². The van der Waals surface area contributed by atoms with E-state index in [1.54, 1.807) is 26.8 Å². The van der Waals surface area contributed by atoms with Gasteiger partial charge in [-0.15, -0.1) is 0 Å². The van der Waals surface area contributed by atoms with Crippen LogP contribution in [0.2, 0.25) is 0 Å². The average Bonchev–Trinajstić information content (AvgIpc) is 2.21. The molecule has 1 unspecified atom stereocenters. The summed E-state index contributed by atoms with van der Waals surface area (Å²) in [5.41, 5.74) is 0.0689. The van der Waals surface area contributed by atoms with Gasteiger partial charge < -0.3 is 9.84 Å². The van der Waals surface area contributed by atoms with Crippen molar-refractivity contribution in [3.63, 3.8) is 0 Å². The van der Waals surface area contributed by atoms with Crippen LogP contribution in [0.25, 0.3) is 0 Å². The van der Waals surface area contributed by atoms with Crippen molar-refractivity contribution in [2.75, 3.05) is 0 Å². The van der Waals surface area contributed by atoms with Gasteiger partial charge in [-0.1, -0.05) is 6.08 Å². The highest BCUT2D eigenvalue weighted by Crippen LogP contribution is 2.39. The Morgan fingerprint density at radius 3 is 2.64 bits per heavy atom. The number of hydrogen-bond donors (Lipinski definition) is 1. The van der Waals surface area contributed by atoms with E-state index in [9.17, 15) is 9.59 Å². The molecule has 78 valence electrons. The third kappa shape index (κ3) is 1.64. The first kappa shape index (κ1) is 10.8. The van der Waals surface area contributed by atoms with Crippen LogP contribution in [0.5, 0.6) is 0 Å². The Hall–Kier alpha value is -1.32. The molecule has 0 amide bonds.